The number of pyridine rings is 1. The Morgan fingerprint density at radius 2 is 1.82 bits per heavy atom. The van der Waals surface area contributed by atoms with Crippen LogP contribution < -0.4 is 5.32 Å². The van der Waals surface area contributed by atoms with Gasteiger partial charge in [0.2, 0.25) is 0 Å². The Kier molecular flexibility index (Phi) is 6.17. The van der Waals surface area contributed by atoms with E-state index in [1.807, 2.05) is 6.07 Å². The zero-order chi connectivity index (χ0) is 20.9. The first-order valence-corrected chi connectivity index (χ1v) is 8.73. The number of amides is 2. The van der Waals surface area contributed by atoms with Gasteiger partial charge in [0.1, 0.15) is 23.6 Å². The first-order chi connectivity index (χ1) is 13.0. The molecule has 9 nitrogen and oxygen atoms in total. The molecule has 2 aromatic heterocycles. The Morgan fingerprint density at radius 1 is 1.11 bits per heavy atom. The number of carbonyl (C=O) groups excluding carboxylic acids is 1. The summed E-state index contributed by atoms with van der Waals surface area (Å²) in [5.74, 6) is 1.13. The highest BCUT2D eigenvalue weighted by Crippen LogP contribution is 2.24. The Hall–Kier alpha value is -3.23. The molecule has 0 bridgehead atoms. The molecule has 0 aliphatic carbocycles. The van der Waals surface area contributed by atoms with Crippen molar-refractivity contribution in [3.05, 3.63) is 42.5 Å². The molecular weight excluding hydrogens is 362 g/mol. The lowest BCUT2D eigenvalue weighted by molar-refractivity contribution is 0.00785. The fraction of sp³-hybridized carbons (Fsp3) is 0.421. The minimum atomic E-state index is -1.39. The van der Waals surface area contributed by atoms with Crippen LogP contribution in [0.25, 0.3) is 0 Å². The van der Waals surface area contributed by atoms with Gasteiger partial charge in [-0.05, 0) is 46.8 Å². The van der Waals surface area contributed by atoms with Crippen molar-refractivity contribution < 1.29 is 19.4 Å². The highest BCUT2D eigenvalue weighted by molar-refractivity contribution is 5.88. The summed E-state index contributed by atoms with van der Waals surface area (Å²) in [6, 6.07) is 7.12. The Morgan fingerprint density at radius 3 is 2.39 bits per heavy atom. The lowest BCUT2D eigenvalue weighted by Crippen LogP contribution is -2.53. The van der Waals surface area contributed by atoms with Gasteiger partial charge >= 0.3 is 12.2 Å². The smallest absolute Gasteiger partial charge is 0.420 e. The van der Waals surface area contributed by atoms with Crippen LogP contribution in [0.15, 0.2) is 36.8 Å². The van der Waals surface area contributed by atoms with Crippen LogP contribution in [0.5, 0.6) is 0 Å². The van der Waals surface area contributed by atoms with Crippen molar-refractivity contribution >= 4 is 23.8 Å². The van der Waals surface area contributed by atoms with E-state index in [0.29, 0.717) is 22.2 Å². The largest absolute Gasteiger partial charge is 0.465 e. The van der Waals surface area contributed by atoms with Crippen molar-refractivity contribution in [3.63, 3.8) is 0 Å². The van der Waals surface area contributed by atoms with E-state index >= 15 is 0 Å². The van der Waals surface area contributed by atoms with Gasteiger partial charge in [-0.2, -0.15) is 0 Å². The maximum Gasteiger partial charge on any atom is 0.420 e. The zero-order valence-electron chi connectivity index (χ0n) is 16.6. The van der Waals surface area contributed by atoms with Crippen molar-refractivity contribution in [1.29, 1.82) is 0 Å². The summed E-state index contributed by atoms with van der Waals surface area (Å²) < 4.78 is 5.24. The number of ether oxygens (including phenoxy) is 1. The summed E-state index contributed by atoms with van der Waals surface area (Å²) in [6.07, 6.45) is 0.887. The van der Waals surface area contributed by atoms with Gasteiger partial charge < -0.3 is 15.2 Å². The summed E-state index contributed by atoms with van der Waals surface area (Å²) >= 11 is 0. The molecule has 0 aliphatic rings. The van der Waals surface area contributed by atoms with Crippen LogP contribution in [-0.2, 0) is 11.2 Å². The molecule has 0 fully saturated rings. The molecule has 2 aromatic rings. The fourth-order valence-electron chi connectivity index (χ4n) is 2.54. The number of carbonyl (C=O) groups is 2. The predicted molar refractivity (Wildman–Crippen MR) is 103 cm³/mol. The van der Waals surface area contributed by atoms with E-state index in [1.165, 1.54) is 6.33 Å². The second-order valence-corrected chi connectivity index (χ2v) is 7.82. The Labute approximate surface area is 163 Å². The first-order valence-electron chi connectivity index (χ1n) is 8.73. The van der Waals surface area contributed by atoms with Gasteiger partial charge in [0, 0.05) is 24.4 Å². The molecule has 0 aromatic carbocycles. The lowest BCUT2D eigenvalue weighted by Gasteiger charge is -2.35. The number of rotatable bonds is 5. The third kappa shape index (κ3) is 5.90. The summed E-state index contributed by atoms with van der Waals surface area (Å²) in [6.45, 7) is 8.31. The van der Waals surface area contributed by atoms with Crippen LogP contribution in [-0.4, -0.2) is 48.3 Å². The second kappa shape index (κ2) is 8.20. The van der Waals surface area contributed by atoms with E-state index in [0.717, 1.165) is 0 Å². The molecule has 150 valence electrons. The standard InChI is InChI=1S/C19H25N5O4/c1-18(2,3)28-17(27)24(16(25)26)19(4,5)11-13-10-15(22-12-21-13)23-14-8-6-7-9-20-14/h6-10,12H,11H2,1-5H3,(H,25,26)(H,20,21,22,23). The number of anilines is 2. The molecular formula is C19H25N5O4. The molecule has 2 amide bonds. The maximum absolute atomic E-state index is 12.4. The molecule has 0 unspecified atom stereocenters. The van der Waals surface area contributed by atoms with Gasteiger partial charge in [-0.15, -0.1) is 0 Å². The van der Waals surface area contributed by atoms with Crippen LogP contribution in [0.4, 0.5) is 21.2 Å². The van der Waals surface area contributed by atoms with Gasteiger partial charge in [-0.3, -0.25) is 0 Å². The molecule has 0 radical (unpaired) electrons. The van der Waals surface area contributed by atoms with Gasteiger partial charge in [0.25, 0.3) is 0 Å². The molecule has 0 atom stereocenters. The SMILES string of the molecule is CC(C)(C)OC(=O)N(C(=O)O)C(C)(C)Cc1cc(Nc2ccccn2)ncn1. The van der Waals surface area contributed by atoms with Gasteiger partial charge in [-0.25, -0.2) is 29.4 Å². The number of nitrogens with one attached hydrogen (secondary N) is 1. The molecule has 0 saturated heterocycles. The van der Waals surface area contributed by atoms with Crippen molar-refractivity contribution in [2.24, 2.45) is 0 Å². The van der Waals surface area contributed by atoms with Gasteiger partial charge in [0.15, 0.2) is 0 Å². The average molecular weight is 387 g/mol. The number of hydrogen-bond donors (Lipinski definition) is 2. The van der Waals surface area contributed by atoms with E-state index < -0.39 is 23.3 Å². The van der Waals surface area contributed by atoms with Crippen molar-refractivity contribution in [2.45, 2.75) is 52.2 Å². The summed E-state index contributed by atoms with van der Waals surface area (Å²) in [5, 5.41) is 12.6. The van der Waals surface area contributed by atoms with Crippen molar-refractivity contribution in [2.75, 3.05) is 5.32 Å². The normalized spacial score (nSPS) is 11.6. The van der Waals surface area contributed by atoms with E-state index in [1.54, 1.807) is 59.0 Å². The molecule has 9 heteroatoms. The Bertz CT molecular complexity index is 834. The minimum Gasteiger partial charge on any atom is -0.465 e. The van der Waals surface area contributed by atoms with Crippen LogP contribution in [0.2, 0.25) is 0 Å². The zero-order valence-corrected chi connectivity index (χ0v) is 16.6. The van der Waals surface area contributed by atoms with E-state index in [2.05, 4.69) is 20.3 Å². The van der Waals surface area contributed by atoms with Crippen LogP contribution >= 0.6 is 0 Å². The minimum absolute atomic E-state index is 0.179. The highest BCUT2D eigenvalue weighted by atomic mass is 16.6. The summed E-state index contributed by atoms with van der Waals surface area (Å²) in [7, 11) is 0. The molecule has 0 saturated carbocycles. The average Bonchev–Trinajstić information content (AvgIpc) is 2.53. The third-order valence-corrected chi connectivity index (χ3v) is 3.63. The number of carboxylic acid groups (broad SMARTS) is 1. The number of imide groups is 1. The topological polar surface area (TPSA) is 118 Å². The van der Waals surface area contributed by atoms with E-state index in [-0.39, 0.29) is 6.42 Å². The number of nitrogens with zero attached hydrogens (tertiary/aromatic N) is 4. The van der Waals surface area contributed by atoms with Crippen molar-refractivity contribution in [1.82, 2.24) is 19.9 Å². The third-order valence-electron chi connectivity index (χ3n) is 3.63. The summed E-state index contributed by atoms with van der Waals surface area (Å²) in [5.41, 5.74) is -1.34. The van der Waals surface area contributed by atoms with Crippen LogP contribution in [0.1, 0.15) is 40.3 Å². The molecule has 0 spiro atoms. The highest BCUT2D eigenvalue weighted by Gasteiger charge is 2.39. The molecule has 2 heterocycles. The predicted octanol–water partition coefficient (Wildman–Crippen LogP) is 3.85. The van der Waals surface area contributed by atoms with E-state index in [4.69, 9.17) is 4.74 Å². The van der Waals surface area contributed by atoms with Gasteiger partial charge in [-0.1, -0.05) is 6.07 Å². The number of aromatic nitrogens is 3. The fourth-order valence-corrected chi connectivity index (χ4v) is 2.54. The van der Waals surface area contributed by atoms with Crippen molar-refractivity contribution in [3.8, 4) is 0 Å². The lowest BCUT2D eigenvalue weighted by atomic mass is 9.96. The van der Waals surface area contributed by atoms with Gasteiger partial charge in [0.05, 0.1) is 5.54 Å². The molecule has 2 N–H and O–H groups in total. The summed E-state index contributed by atoms with van der Waals surface area (Å²) in [4.78, 5) is 37.4. The van der Waals surface area contributed by atoms with Crippen LogP contribution in [0.3, 0.4) is 0 Å². The molecule has 28 heavy (non-hydrogen) atoms. The molecule has 2 rings (SSSR count). The first kappa shape index (κ1) is 21.1. The Balaban J connectivity index is 2.20. The van der Waals surface area contributed by atoms with E-state index in [9.17, 15) is 14.7 Å². The quantitative estimate of drug-likeness (QED) is 0.794. The second-order valence-electron chi connectivity index (χ2n) is 7.82. The monoisotopic (exact) mass is 387 g/mol. The molecule has 0 aliphatic heterocycles. The number of hydrogen-bond acceptors (Lipinski definition) is 7. The maximum atomic E-state index is 12.4. The van der Waals surface area contributed by atoms with Crippen LogP contribution in [0, 0.1) is 0 Å².